The molecular formula is C39H48N4O7. The van der Waals surface area contributed by atoms with Crippen molar-refractivity contribution in [1.29, 1.82) is 0 Å². The van der Waals surface area contributed by atoms with Gasteiger partial charge < -0.3 is 20.6 Å². The van der Waals surface area contributed by atoms with Crippen LogP contribution in [0.4, 0.5) is 5.69 Å². The van der Waals surface area contributed by atoms with Crippen molar-refractivity contribution < 1.29 is 33.9 Å². The number of amides is 5. The minimum Gasteiger partial charge on any atom is -0.481 e. The number of imide groups is 1. The van der Waals surface area contributed by atoms with Crippen LogP contribution in [-0.4, -0.2) is 57.6 Å². The summed E-state index contributed by atoms with van der Waals surface area (Å²) in [6, 6.07) is 2.54. The van der Waals surface area contributed by atoms with E-state index in [4.69, 9.17) is 0 Å². The fourth-order valence-electron chi connectivity index (χ4n) is 5.43. The number of benzene rings is 1. The van der Waals surface area contributed by atoms with E-state index in [1.165, 1.54) is 4.90 Å². The normalized spacial score (nSPS) is 17.2. The Morgan fingerprint density at radius 2 is 1.46 bits per heavy atom. The molecule has 2 aliphatic rings. The third-order valence-corrected chi connectivity index (χ3v) is 8.00. The van der Waals surface area contributed by atoms with Crippen LogP contribution < -0.4 is 16.0 Å². The first-order valence-corrected chi connectivity index (χ1v) is 17.2. The zero-order valence-corrected chi connectivity index (χ0v) is 28.6. The van der Waals surface area contributed by atoms with Crippen LogP contribution in [0, 0.1) is 0 Å². The van der Waals surface area contributed by atoms with Crippen molar-refractivity contribution in [2.45, 2.75) is 96.2 Å². The number of piperidine rings is 1. The maximum Gasteiger partial charge on any atom is 0.305 e. The maximum absolute atomic E-state index is 13.2. The third-order valence-electron chi connectivity index (χ3n) is 8.00. The van der Waals surface area contributed by atoms with Crippen molar-refractivity contribution in [3.63, 3.8) is 0 Å². The zero-order chi connectivity index (χ0) is 36.1. The van der Waals surface area contributed by atoms with Crippen LogP contribution in [0.3, 0.4) is 0 Å². The summed E-state index contributed by atoms with van der Waals surface area (Å²) >= 11 is 0. The van der Waals surface area contributed by atoms with Gasteiger partial charge in [0.2, 0.25) is 23.6 Å². The van der Waals surface area contributed by atoms with Crippen LogP contribution >= 0.6 is 0 Å². The van der Waals surface area contributed by atoms with Crippen LogP contribution in [0.15, 0.2) is 91.1 Å². The van der Waals surface area contributed by atoms with Gasteiger partial charge in [-0.1, -0.05) is 85.9 Å². The molecule has 0 radical (unpaired) electrons. The average molecular weight is 685 g/mol. The van der Waals surface area contributed by atoms with Crippen molar-refractivity contribution in [3.05, 3.63) is 102 Å². The Labute approximate surface area is 293 Å². The maximum atomic E-state index is 13.2. The molecule has 2 aliphatic heterocycles. The number of aliphatic carboxylic acids is 1. The number of anilines is 1. The number of hydrogen-bond acceptors (Lipinski definition) is 6. The summed E-state index contributed by atoms with van der Waals surface area (Å²) in [4.78, 5) is 75.7. The quantitative estimate of drug-likeness (QED) is 0.0993. The molecule has 1 fully saturated rings. The van der Waals surface area contributed by atoms with Gasteiger partial charge in [0.25, 0.3) is 5.91 Å². The van der Waals surface area contributed by atoms with E-state index in [9.17, 15) is 33.9 Å². The van der Waals surface area contributed by atoms with Gasteiger partial charge in [-0.05, 0) is 63.5 Å². The summed E-state index contributed by atoms with van der Waals surface area (Å²) in [5.41, 5.74) is 1.04. The Hall–Kier alpha value is -5.32. The summed E-state index contributed by atoms with van der Waals surface area (Å²) < 4.78 is 0. The van der Waals surface area contributed by atoms with Gasteiger partial charge in [0.1, 0.15) is 12.1 Å². The molecule has 1 unspecified atom stereocenters. The first-order valence-electron chi connectivity index (χ1n) is 17.2. The second-order valence-corrected chi connectivity index (χ2v) is 11.9. The van der Waals surface area contributed by atoms with Gasteiger partial charge in [-0.15, -0.1) is 0 Å². The van der Waals surface area contributed by atoms with Crippen LogP contribution in [0.5, 0.6) is 0 Å². The zero-order valence-electron chi connectivity index (χ0n) is 28.6. The number of hydrogen-bond donors (Lipinski definition) is 4. The van der Waals surface area contributed by atoms with E-state index in [0.29, 0.717) is 24.0 Å². The van der Waals surface area contributed by atoms with Gasteiger partial charge in [0, 0.05) is 36.2 Å². The Bertz CT molecular complexity index is 1550. The van der Waals surface area contributed by atoms with Crippen molar-refractivity contribution >= 4 is 41.2 Å². The summed E-state index contributed by atoms with van der Waals surface area (Å²) in [5, 5.41) is 16.8. The molecular weight excluding hydrogens is 636 g/mol. The van der Waals surface area contributed by atoms with Crippen LogP contribution in [0.2, 0.25) is 0 Å². The fourth-order valence-corrected chi connectivity index (χ4v) is 5.43. The van der Waals surface area contributed by atoms with E-state index in [2.05, 4.69) is 77.6 Å². The Kier molecular flexibility index (Phi) is 16.9. The van der Waals surface area contributed by atoms with E-state index in [1.807, 2.05) is 18.2 Å². The molecule has 50 heavy (non-hydrogen) atoms. The number of nitrogens with zero attached hydrogens (tertiary/aromatic N) is 1. The van der Waals surface area contributed by atoms with E-state index in [1.54, 1.807) is 18.2 Å². The highest BCUT2D eigenvalue weighted by Gasteiger charge is 2.40. The average Bonchev–Trinajstić information content (AvgIpc) is 3.41. The molecule has 5 amide bonds. The molecule has 0 spiro atoms. The lowest BCUT2D eigenvalue weighted by Crippen LogP contribution is -2.52. The second-order valence-electron chi connectivity index (χ2n) is 11.9. The first-order chi connectivity index (χ1) is 24.2. The summed E-state index contributed by atoms with van der Waals surface area (Å²) in [5.74, 6) is -3.83. The molecule has 11 nitrogen and oxygen atoms in total. The molecule has 266 valence electrons. The van der Waals surface area contributed by atoms with Crippen molar-refractivity contribution in [2.75, 3.05) is 5.32 Å². The molecule has 1 saturated heterocycles. The Morgan fingerprint density at radius 1 is 0.880 bits per heavy atom. The fraction of sp³-hybridized carbons (Fsp3) is 0.385. The van der Waals surface area contributed by atoms with Crippen LogP contribution in [0.1, 0.15) is 93.5 Å². The number of rotatable bonds is 20. The SMILES string of the molecule is CCC=CCC=CCC=CCC=CCC=CCC=CCCC(=O)N[C@@H](CC(=O)O)C(=O)Nc1cccc2c1CN(C1CCC(=O)NC1=O)C2=O. The topological polar surface area (TPSA) is 162 Å². The van der Waals surface area contributed by atoms with Crippen molar-refractivity contribution in [1.82, 2.24) is 15.5 Å². The number of nitrogens with one attached hydrogen (secondary N) is 3. The summed E-state index contributed by atoms with van der Waals surface area (Å²) in [6.45, 7) is 2.15. The lowest BCUT2D eigenvalue weighted by atomic mass is 10.0. The molecule has 11 heteroatoms. The monoisotopic (exact) mass is 684 g/mol. The summed E-state index contributed by atoms with van der Waals surface area (Å²) in [6.07, 6.45) is 30.8. The smallest absolute Gasteiger partial charge is 0.305 e. The highest BCUT2D eigenvalue weighted by molar-refractivity contribution is 6.07. The summed E-state index contributed by atoms with van der Waals surface area (Å²) in [7, 11) is 0. The largest absolute Gasteiger partial charge is 0.481 e. The van der Waals surface area contributed by atoms with Gasteiger partial charge in [-0.3, -0.25) is 34.1 Å². The van der Waals surface area contributed by atoms with Crippen molar-refractivity contribution in [3.8, 4) is 0 Å². The van der Waals surface area contributed by atoms with E-state index in [-0.39, 0.29) is 31.5 Å². The number of carbonyl (C=O) groups excluding carboxylic acids is 5. The standard InChI is InChI=1S/C39H48N4O7/c1-2-3-4-5-6-7-8-9-10-11-12-13-14-15-16-17-18-19-20-24-34(44)40-32(27-36(46)47)37(48)41-31-23-21-22-29-30(31)28-43(39(29)50)33-25-26-35(45)42-38(33)49/h3-4,6-7,9-10,12-13,15-16,18-19,21-23,32-33H,2,5,8,11,14,17,20,24-28H2,1H3,(H,40,44)(H,41,48)(H,46,47)(H,42,45,49)/t32-,33?/m0/s1. The molecule has 2 heterocycles. The molecule has 1 aromatic rings. The predicted molar refractivity (Wildman–Crippen MR) is 193 cm³/mol. The van der Waals surface area contributed by atoms with E-state index in [0.717, 1.165) is 32.1 Å². The Balaban J connectivity index is 1.39. The first kappa shape index (κ1) is 39.1. The third kappa shape index (κ3) is 13.3. The van der Waals surface area contributed by atoms with Gasteiger partial charge in [-0.25, -0.2) is 0 Å². The highest BCUT2D eigenvalue weighted by Crippen LogP contribution is 2.32. The number of carbonyl (C=O) groups is 6. The number of fused-ring (bicyclic) bond motifs is 1. The molecule has 2 atom stereocenters. The highest BCUT2D eigenvalue weighted by atomic mass is 16.4. The van der Waals surface area contributed by atoms with Crippen LogP contribution in [0.25, 0.3) is 0 Å². The number of carboxylic acids is 1. The molecule has 1 aromatic carbocycles. The van der Waals surface area contributed by atoms with Gasteiger partial charge in [-0.2, -0.15) is 0 Å². The molecule has 0 bridgehead atoms. The van der Waals surface area contributed by atoms with E-state index < -0.39 is 54.0 Å². The van der Waals surface area contributed by atoms with Gasteiger partial charge in [0.05, 0.1) is 6.42 Å². The van der Waals surface area contributed by atoms with Crippen LogP contribution in [-0.2, 0) is 30.5 Å². The van der Waals surface area contributed by atoms with E-state index >= 15 is 0 Å². The minimum atomic E-state index is -1.34. The molecule has 0 aliphatic carbocycles. The van der Waals surface area contributed by atoms with Gasteiger partial charge >= 0.3 is 5.97 Å². The lowest BCUT2D eigenvalue weighted by molar-refractivity contribution is -0.140. The van der Waals surface area contributed by atoms with Crippen molar-refractivity contribution in [2.24, 2.45) is 0 Å². The molecule has 0 aromatic heterocycles. The number of allylic oxidation sites excluding steroid dienone is 12. The predicted octanol–water partition coefficient (Wildman–Crippen LogP) is 5.82. The number of carboxylic acid groups (broad SMARTS) is 1. The molecule has 3 rings (SSSR count). The second kappa shape index (κ2) is 21.6. The molecule has 4 N–H and O–H groups in total. The minimum absolute atomic E-state index is 0.0266. The lowest BCUT2D eigenvalue weighted by Gasteiger charge is -2.29. The Morgan fingerprint density at radius 3 is 2.02 bits per heavy atom. The van der Waals surface area contributed by atoms with Gasteiger partial charge in [0.15, 0.2) is 0 Å². The molecule has 0 saturated carbocycles.